The Morgan fingerprint density at radius 1 is 1.37 bits per heavy atom. The van der Waals surface area contributed by atoms with Crippen LogP contribution in [0.2, 0.25) is 0 Å². The van der Waals surface area contributed by atoms with Crippen molar-refractivity contribution in [2.75, 3.05) is 7.11 Å². The Kier molecular flexibility index (Phi) is 4.82. The molecule has 0 saturated heterocycles. The van der Waals surface area contributed by atoms with E-state index in [9.17, 15) is 4.79 Å². The monoisotopic (exact) mass is 295 g/mol. The molecule has 0 aliphatic carbocycles. The van der Waals surface area contributed by atoms with Gasteiger partial charge in [-0.05, 0) is 29.1 Å². The van der Waals surface area contributed by atoms with Gasteiger partial charge in [0.25, 0.3) is 0 Å². The van der Waals surface area contributed by atoms with Crippen LogP contribution >= 0.6 is 22.9 Å². The van der Waals surface area contributed by atoms with Gasteiger partial charge < -0.3 is 10.1 Å². The van der Waals surface area contributed by atoms with Crippen LogP contribution in [0.1, 0.15) is 15.8 Å². The third kappa shape index (κ3) is 3.72. The number of hydrogen-bond acceptors (Lipinski definition) is 3. The fraction of sp³-hybridized carbons (Fsp3) is 0.214. The van der Waals surface area contributed by atoms with E-state index in [1.807, 2.05) is 17.5 Å². The van der Waals surface area contributed by atoms with Gasteiger partial charge in [-0.15, -0.1) is 22.9 Å². The van der Waals surface area contributed by atoms with Gasteiger partial charge in [-0.1, -0.05) is 18.2 Å². The van der Waals surface area contributed by atoms with Crippen LogP contribution in [0.4, 0.5) is 0 Å². The number of benzene rings is 1. The molecule has 19 heavy (non-hydrogen) atoms. The molecule has 1 aromatic carbocycles. The van der Waals surface area contributed by atoms with Gasteiger partial charge in [-0.2, -0.15) is 0 Å². The summed E-state index contributed by atoms with van der Waals surface area (Å²) in [7, 11) is 1.60. The maximum Gasteiger partial charge on any atom is 0.242 e. The Morgan fingerprint density at radius 3 is 2.68 bits per heavy atom. The van der Waals surface area contributed by atoms with E-state index in [1.54, 1.807) is 42.7 Å². The Labute approximate surface area is 121 Å². The Bertz CT molecular complexity index is 525. The van der Waals surface area contributed by atoms with Crippen LogP contribution in [0.5, 0.6) is 5.75 Å². The maximum absolute atomic E-state index is 11.9. The molecule has 1 atom stereocenters. The maximum atomic E-state index is 11.9. The van der Waals surface area contributed by atoms with Gasteiger partial charge in [0.05, 0.1) is 13.7 Å². The Morgan fingerprint density at radius 2 is 2.11 bits per heavy atom. The smallest absolute Gasteiger partial charge is 0.242 e. The van der Waals surface area contributed by atoms with Crippen LogP contribution < -0.4 is 10.1 Å². The highest BCUT2D eigenvalue weighted by atomic mass is 35.5. The van der Waals surface area contributed by atoms with Gasteiger partial charge in [0.15, 0.2) is 0 Å². The average Bonchev–Trinajstić information content (AvgIpc) is 2.97. The lowest BCUT2D eigenvalue weighted by Gasteiger charge is -2.10. The fourth-order valence-corrected chi connectivity index (χ4v) is 2.47. The molecule has 0 spiro atoms. The van der Waals surface area contributed by atoms with Gasteiger partial charge in [-0.3, -0.25) is 4.79 Å². The van der Waals surface area contributed by atoms with Crippen LogP contribution in [0.15, 0.2) is 41.8 Å². The first kappa shape index (κ1) is 13.9. The quantitative estimate of drug-likeness (QED) is 0.859. The third-order valence-corrected chi connectivity index (χ3v) is 3.98. The molecule has 0 saturated carbocycles. The minimum absolute atomic E-state index is 0.194. The number of rotatable bonds is 5. The SMILES string of the molecule is COc1ccc(C(Cl)C(=O)NCc2cccs2)cc1. The van der Waals surface area contributed by atoms with Crippen molar-refractivity contribution in [2.45, 2.75) is 11.9 Å². The van der Waals surface area contributed by atoms with Crippen LogP contribution in [-0.2, 0) is 11.3 Å². The van der Waals surface area contributed by atoms with Crippen molar-refractivity contribution in [1.82, 2.24) is 5.32 Å². The summed E-state index contributed by atoms with van der Waals surface area (Å²) >= 11 is 7.75. The number of nitrogens with one attached hydrogen (secondary N) is 1. The summed E-state index contributed by atoms with van der Waals surface area (Å²) in [5.74, 6) is 0.548. The second-order valence-corrected chi connectivity index (χ2v) is 5.40. The molecule has 1 amide bonds. The van der Waals surface area contributed by atoms with Gasteiger partial charge in [0.1, 0.15) is 11.1 Å². The van der Waals surface area contributed by atoms with E-state index in [4.69, 9.17) is 16.3 Å². The summed E-state index contributed by atoms with van der Waals surface area (Å²) in [6, 6.07) is 11.1. The predicted molar refractivity (Wildman–Crippen MR) is 77.8 cm³/mol. The lowest BCUT2D eigenvalue weighted by Crippen LogP contribution is -2.26. The highest BCUT2D eigenvalue weighted by molar-refractivity contribution is 7.09. The van der Waals surface area contributed by atoms with Gasteiger partial charge >= 0.3 is 0 Å². The van der Waals surface area contributed by atoms with E-state index < -0.39 is 5.38 Å². The number of hydrogen-bond donors (Lipinski definition) is 1. The Balaban J connectivity index is 1.94. The molecule has 0 radical (unpaired) electrons. The lowest BCUT2D eigenvalue weighted by atomic mass is 10.1. The second-order valence-electron chi connectivity index (χ2n) is 3.93. The van der Waals surface area contributed by atoms with Crippen molar-refractivity contribution in [3.05, 3.63) is 52.2 Å². The molecule has 2 rings (SSSR count). The first-order valence-corrected chi connectivity index (χ1v) is 7.10. The number of methoxy groups -OCH3 is 1. The number of carbonyl (C=O) groups excluding carboxylic acids is 1. The number of halogens is 1. The molecule has 0 aliphatic heterocycles. The first-order valence-electron chi connectivity index (χ1n) is 5.79. The molecule has 0 fully saturated rings. The predicted octanol–water partition coefficient (Wildman–Crippen LogP) is 3.35. The summed E-state index contributed by atoms with van der Waals surface area (Å²) in [6.45, 7) is 0.510. The molecule has 0 bridgehead atoms. The molecule has 0 aliphatic rings. The van der Waals surface area contributed by atoms with Crippen molar-refractivity contribution in [3.63, 3.8) is 0 Å². The standard InChI is InChI=1S/C14H14ClNO2S/c1-18-11-6-4-10(5-7-11)13(15)14(17)16-9-12-3-2-8-19-12/h2-8,13H,9H2,1H3,(H,16,17). The van der Waals surface area contributed by atoms with Crippen molar-refractivity contribution in [1.29, 1.82) is 0 Å². The largest absolute Gasteiger partial charge is 0.497 e. The average molecular weight is 296 g/mol. The number of thiophene rings is 1. The molecule has 1 heterocycles. The minimum Gasteiger partial charge on any atom is -0.497 e. The lowest BCUT2D eigenvalue weighted by molar-refractivity contribution is -0.121. The second kappa shape index (κ2) is 6.59. The summed E-state index contributed by atoms with van der Waals surface area (Å²) in [5.41, 5.74) is 0.756. The van der Waals surface area contributed by atoms with E-state index in [1.165, 1.54) is 0 Å². The van der Waals surface area contributed by atoms with Crippen LogP contribution in [0.3, 0.4) is 0 Å². The van der Waals surface area contributed by atoms with E-state index in [-0.39, 0.29) is 5.91 Å². The fourth-order valence-electron chi connectivity index (χ4n) is 1.60. The van der Waals surface area contributed by atoms with E-state index >= 15 is 0 Å². The zero-order valence-corrected chi connectivity index (χ0v) is 12.0. The molecule has 1 N–H and O–H groups in total. The molecule has 1 aromatic heterocycles. The summed E-state index contributed by atoms with van der Waals surface area (Å²) < 4.78 is 5.06. The first-order chi connectivity index (χ1) is 9.20. The Hall–Kier alpha value is -1.52. The highest BCUT2D eigenvalue weighted by Crippen LogP contribution is 2.23. The molecule has 1 unspecified atom stereocenters. The normalized spacial score (nSPS) is 11.9. The highest BCUT2D eigenvalue weighted by Gasteiger charge is 2.17. The molecule has 3 nitrogen and oxygen atoms in total. The third-order valence-electron chi connectivity index (χ3n) is 2.66. The van der Waals surface area contributed by atoms with Crippen LogP contribution in [0, 0.1) is 0 Å². The molecule has 2 aromatic rings. The van der Waals surface area contributed by atoms with Gasteiger partial charge in [0.2, 0.25) is 5.91 Å². The summed E-state index contributed by atoms with van der Waals surface area (Å²) in [5, 5.41) is 4.11. The zero-order chi connectivity index (χ0) is 13.7. The van der Waals surface area contributed by atoms with Crippen molar-refractivity contribution in [3.8, 4) is 5.75 Å². The number of alkyl halides is 1. The van der Waals surface area contributed by atoms with Crippen molar-refractivity contribution in [2.24, 2.45) is 0 Å². The van der Waals surface area contributed by atoms with E-state index in [2.05, 4.69) is 5.32 Å². The molecular formula is C14H14ClNO2S. The van der Waals surface area contributed by atoms with Gasteiger partial charge in [-0.25, -0.2) is 0 Å². The minimum atomic E-state index is -0.689. The molecule has 5 heteroatoms. The molecule has 100 valence electrons. The molecular weight excluding hydrogens is 282 g/mol. The van der Waals surface area contributed by atoms with Crippen LogP contribution in [-0.4, -0.2) is 13.0 Å². The van der Waals surface area contributed by atoms with Gasteiger partial charge in [0, 0.05) is 4.88 Å². The zero-order valence-electron chi connectivity index (χ0n) is 10.4. The number of ether oxygens (including phenoxy) is 1. The van der Waals surface area contributed by atoms with E-state index in [0.29, 0.717) is 6.54 Å². The van der Waals surface area contributed by atoms with Crippen molar-refractivity contribution >= 4 is 28.8 Å². The van der Waals surface area contributed by atoms with Crippen molar-refractivity contribution < 1.29 is 9.53 Å². The topological polar surface area (TPSA) is 38.3 Å². The van der Waals surface area contributed by atoms with E-state index in [0.717, 1.165) is 16.2 Å². The number of carbonyl (C=O) groups is 1. The van der Waals surface area contributed by atoms with Crippen LogP contribution in [0.25, 0.3) is 0 Å². The summed E-state index contributed by atoms with van der Waals surface area (Å²) in [4.78, 5) is 13.0. The summed E-state index contributed by atoms with van der Waals surface area (Å²) in [6.07, 6.45) is 0. The number of amides is 1.